The van der Waals surface area contributed by atoms with Gasteiger partial charge in [-0.15, -0.1) is 0 Å². The van der Waals surface area contributed by atoms with Gasteiger partial charge < -0.3 is 10.1 Å². The first-order chi connectivity index (χ1) is 7.95. The van der Waals surface area contributed by atoms with Crippen LogP contribution < -0.4 is 5.32 Å². The van der Waals surface area contributed by atoms with E-state index in [9.17, 15) is 0 Å². The molecular weight excluding hydrogens is 202 g/mol. The van der Waals surface area contributed by atoms with Gasteiger partial charge in [-0.3, -0.25) is 9.89 Å². The highest BCUT2D eigenvalue weighted by Crippen LogP contribution is 2.05. The summed E-state index contributed by atoms with van der Waals surface area (Å²) in [5.41, 5.74) is 0. The standard InChI is InChI=1S/C12H23N3O/c1-2-4-12(13-5-3-1)14-6-7-15-8-10-16-11-9-15/h1-11H2,(H,13,14). The number of rotatable bonds is 3. The average molecular weight is 225 g/mol. The Morgan fingerprint density at radius 3 is 2.94 bits per heavy atom. The Morgan fingerprint density at radius 2 is 2.06 bits per heavy atom. The third kappa shape index (κ3) is 4.10. The molecule has 0 atom stereocenters. The fraction of sp³-hybridized carbons (Fsp3) is 0.917. The smallest absolute Gasteiger partial charge is 0.0963 e. The van der Waals surface area contributed by atoms with Crippen LogP contribution in [0.25, 0.3) is 0 Å². The SMILES string of the molecule is C1CCN=C(NCCN2CCOCC2)CC1. The van der Waals surface area contributed by atoms with Crippen molar-refractivity contribution in [2.24, 2.45) is 4.99 Å². The van der Waals surface area contributed by atoms with Gasteiger partial charge in [-0.25, -0.2) is 0 Å². The lowest BCUT2D eigenvalue weighted by Crippen LogP contribution is -2.41. The zero-order valence-electron chi connectivity index (χ0n) is 10.1. The maximum Gasteiger partial charge on any atom is 0.0963 e. The van der Waals surface area contributed by atoms with E-state index in [4.69, 9.17) is 4.74 Å². The summed E-state index contributed by atoms with van der Waals surface area (Å²) in [7, 11) is 0. The summed E-state index contributed by atoms with van der Waals surface area (Å²) in [6.07, 6.45) is 5.03. The van der Waals surface area contributed by atoms with E-state index in [1.165, 1.54) is 25.1 Å². The summed E-state index contributed by atoms with van der Waals surface area (Å²) in [6.45, 7) is 7.09. The number of hydrogen-bond donors (Lipinski definition) is 1. The summed E-state index contributed by atoms with van der Waals surface area (Å²) in [5, 5.41) is 3.48. The molecular formula is C12H23N3O. The van der Waals surface area contributed by atoms with Crippen LogP contribution in [-0.2, 0) is 4.74 Å². The second-order valence-corrected chi connectivity index (χ2v) is 4.52. The quantitative estimate of drug-likeness (QED) is 0.774. The highest BCUT2D eigenvalue weighted by molar-refractivity contribution is 5.82. The van der Waals surface area contributed by atoms with Gasteiger partial charge in [0.2, 0.25) is 0 Å². The number of nitrogens with zero attached hydrogens (tertiary/aromatic N) is 2. The Balaban J connectivity index is 1.60. The van der Waals surface area contributed by atoms with E-state index in [0.29, 0.717) is 0 Å². The van der Waals surface area contributed by atoms with Crippen molar-refractivity contribution in [3.63, 3.8) is 0 Å². The molecule has 0 radical (unpaired) electrons. The maximum absolute atomic E-state index is 5.33. The van der Waals surface area contributed by atoms with E-state index >= 15 is 0 Å². The molecule has 0 aromatic rings. The van der Waals surface area contributed by atoms with Crippen LogP contribution >= 0.6 is 0 Å². The molecule has 2 rings (SSSR count). The Kier molecular flexibility index (Phi) is 5.09. The molecule has 2 aliphatic rings. The minimum atomic E-state index is 0.890. The predicted molar refractivity (Wildman–Crippen MR) is 66.0 cm³/mol. The van der Waals surface area contributed by atoms with Crippen molar-refractivity contribution in [2.75, 3.05) is 45.9 Å². The summed E-state index contributed by atoms with van der Waals surface area (Å²) >= 11 is 0. The number of aliphatic imine (C=N–C) groups is 1. The van der Waals surface area contributed by atoms with Crippen LogP contribution in [-0.4, -0.2) is 56.7 Å². The Morgan fingerprint density at radius 1 is 1.19 bits per heavy atom. The first-order valence-corrected chi connectivity index (χ1v) is 6.52. The Hall–Kier alpha value is -0.610. The van der Waals surface area contributed by atoms with Crippen molar-refractivity contribution >= 4 is 5.84 Å². The topological polar surface area (TPSA) is 36.9 Å². The molecule has 1 N–H and O–H groups in total. The van der Waals surface area contributed by atoms with Gasteiger partial charge in [0.1, 0.15) is 0 Å². The molecule has 2 heterocycles. The van der Waals surface area contributed by atoms with Gasteiger partial charge >= 0.3 is 0 Å². The van der Waals surface area contributed by atoms with Gasteiger partial charge in [0, 0.05) is 39.1 Å². The number of amidine groups is 1. The van der Waals surface area contributed by atoms with Crippen LogP contribution in [0, 0.1) is 0 Å². The van der Waals surface area contributed by atoms with Crippen LogP contribution in [0.2, 0.25) is 0 Å². The first kappa shape index (κ1) is 11.9. The fourth-order valence-corrected chi connectivity index (χ4v) is 2.20. The number of nitrogens with one attached hydrogen (secondary N) is 1. The van der Waals surface area contributed by atoms with E-state index in [1.54, 1.807) is 0 Å². The average Bonchev–Trinajstić information content (AvgIpc) is 2.59. The van der Waals surface area contributed by atoms with Gasteiger partial charge in [-0.05, 0) is 12.8 Å². The Labute approximate surface area is 98.1 Å². The van der Waals surface area contributed by atoms with Crippen molar-refractivity contribution in [3.8, 4) is 0 Å². The molecule has 0 aromatic carbocycles. The first-order valence-electron chi connectivity index (χ1n) is 6.52. The minimum absolute atomic E-state index is 0.890. The van der Waals surface area contributed by atoms with Crippen molar-refractivity contribution < 1.29 is 4.74 Å². The number of morpholine rings is 1. The van der Waals surface area contributed by atoms with Crippen LogP contribution in [0.15, 0.2) is 4.99 Å². The molecule has 92 valence electrons. The number of hydrogen-bond acceptors (Lipinski definition) is 4. The monoisotopic (exact) mass is 225 g/mol. The van der Waals surface area contributed by atoms with Gasteiger partial charge in [-0.1, -0.05) is 6.42 Å². The highest BCUT2D eigenvalue weighted by Gasteiger charge is 2.10. The summed E-state index contributed by atoms with van der Waals surface area (Å²) < 4.78 is 5.33. The molecule has 1 fully saturated rings. The Bertz CT molecular complexity index is 224. The molecule has 1 saturated heterocycles. The van der Waals surface area contributed by atoms with Crippen LogP contribution in [0.5, 0.6) is 0 Å². The van der Waals surface area contributed by atoms with Crippen molar-refractivity contribution in [1.29, 1.82) is 0 Å². The lowest BCUT2D eigenvalue weighted by molar-refractivity contribution is 0.0389. The summed E-state index contributed by atoms with van der Waals surface area (Å²) in [5.74, 6) is 1.23. The van der Waals surface area contributed by atoms with Crippen molar-refractivity contribution in [2.45, 2.75) is 25.7 Å². The van der Waals surface area contributed by atoms with E-state index in [1.807, 2.05) is 0 Å². The highest BCUT2D eigenvalue weighted by atomic mass is 16.5. The van der Waals surface area contributed by atoms with Gasteiger partial charge in [0.15, 0.2) is 0 Å². The van der Waals surface area contributed by atoms with E-state index < -0.39 is 0 Å². The molecule has 16 heavy (non-hydrogen) atoms. The molecule has 0 saturated carbocycles. The van der Waals surface area contributed by atoms with Crippen LogP contribution in [0.1, 0.15) is 25.7 Å². The van der Waals surface area contributed by atoms with Crippen molar-refractivity contribution in [3.05, 3.63) is 0 Å². The maximum atomic E-state index is 5.33. The summed E-state index contributed by atoms with van der Waals surface area (Å²) in [6, 6.07) is 0. The minimum Gasteiger partial charge on any atom is -0.379 e. The van der Waals surface area contributed by atoms with Crippen LogP contribution in [0.3, 0.4) is 0 Å². The van der Waals surface area contributed by atoms with E-state index in [0.717, 1.165) is 52.4 Å². The summed E-state index contributed by atoms with van der Waals surface area (Å²) in [4.78, 5) is 7.02. The van der Waals surface area contributed by atoms with Gasteiger partial charge in [0.25, 0.3) is 0 Å². The lowest BCUT2D eigenvalue weighted by atomic mass is 10.2. The predicted octanol–water partition coefficient (Wildman–Crippen LogP) is 0.881. The third-order valence-electron chi connectivity index (χ3n) is 3.24. The molecule has 0 spiro atoms. The van der Waals surface area contributed by atoms with Crippen molar-refractivity contribution in [1.82, 2.24) is 10.2 Å². The normalized spacial score (nSPS) is 23.6. The fourth-order valence-electron chi connectivity index (χ4n) is 2.20. The second-order valence-electron chi connectivity index (χ2n) is 4.52. The van der Waals surface area contributed by atoms with Gasteiger partial charge in [0.05, 0.1) is 19.0 Å². The third-order valence-corrected chi connectivity index (χ3v) is 3.24. The van der Waals surface area contributed by atoms with E-state index in [2.05, 4.69) is 15.2 Å². The largest absolute Gasteiger partial charge is 0.379 e. The molecule has 4 nitrogen and oxygen atoms in total. The second kappa shape index (κ2) is 6.86. The zero-order valence-corrected chi connectivity index (χ0v) is 10.1. The number of ether oxygens (including phenoxy) is 1. The molecule has 0 unspecified atom stereocenters. The lowest BCUT2D eigenvalue weighted by Gasteiger charge is -2.26. The van der Waals surface area contributed by atoms with E-state index in [-0.39, 0.29) is 0 Å². The zero-order chi connectivity index (χ0) is 11.1. The molecule has 0 aromatic heterocycles. The molecule has 0 amide bonds. The molecule has 4 heteroatoms. The molecule has 0 aliphatic carbocycles. The molecule has 2 aliphatic heterocycles. The molecule has 0 bridgehead atoms. The van der Waals surface area contributed by atoms with Gasteiger partial charge in [-0.2, -0.15) is 0 Å². The van der Waals surface area contributed by atoms with Crippen LogP contribution in [0.4, 0.5) is 0 Å².